The first-order valence-electron chi connectivity index (χ1n) is 4.39. The van der Waals surface area contributed by atoms with E-state index in [-0.39, 0.29) is 5.41 Å². The van der Waals surface area contributed by atoms with Gasteiger partial charge in [-0.2, -0.15) is 0 Å². The summed E-state index contributed by atoms with van der Waals surface area (Å²) in [6.07, 6.45) is 9.29. The zero-order chi connectivity index (χ0) is 10.2. The Balaban J connectivity index is 2.51. The Morgan fingerprint density at radius 3 is 2.86 bits per heavy atom. The summed E-state index contributed by atoms with van der Waals surface area (Å²) in [6, 6.07) is 2.00. The molecule has 1 aliphatic carbocycles. The smallest absolute Gasteiger partial charge is 0.217 e. The molecular weight excluding hydrogens is 242 g/mol. The van der Waals surface area contributed by atoms with E-state index in [1.807, 2.05) is 6.07 Å². The number of hydrogen-bond donors (Lipinski definition) is 0. The highest BCUT2D eigenvalue weighted by Crippen LogP contribution is 2.50. The van der Waals surface area contributed by atoms with Gasteiger partial charge in [0, 0.05) is 16.2 Å². The Hall–Kier alpha value is -1.01. The van der Waals surface area contributed by atoms with Gasteiger partial charge in [-0.05, 0) is 34.8 Å². The van der Waals surface area contributed by atoms with Crippen molar-refractivity contribution in [1.82, 2.24) is 4.98 Å². The van der Waals surface area contributed by atoms with E-state index in [9.17, 15) is 0 Å². The molecule has 0 N–H and O–H groups in total. The van der Waals surface area contributed by atoms with Crippen LogP contribution in [0.15, 0.2) is 16.7 Å². The second-order valence-corrected chi connectivity index (χ2v) is 4.35. The number of rotatable bonds is 2. The second kappa shape index (κ2) is 3.29. The predicted octanol–water partition coefficient (Wildman–Crippen LogP) is 2.52. The van der Waals surface area contributed by atoms with Crippen LogP contribution in [0.2, 0.25) is 0 Å². The molecule has 1 aromatic heterocycles. The van der Waals surface area contributed by atoms with Crippen LogP contribution in [0.1, 0.15) is 18.4 Å². The molecule has 14 heavy (non-hydrogen) atoms. The Morgan fingerprint density at radius 2 is 2.36 bits per heavy atom. The van der Waals surface area contributed by atoms with E-state index in [1.165, 1.54) is 0 Å². The van der Waals surface area contributed by atoms with Crippen molar-refractivity contribution in [2.24, 2.45) is 0 Å². The lowest BCUT2D eigenvalue weighted by Crippen LogP contribution is -2.06. The third-order valence-electron chi connectivity index (χ3n) is 2.55. The lowest BCUT2D eigenvalue weighted by atomic mass is 9.98. The number of ether oxygens (including phenoxy) is 1. The van der Waals surface area contributed by atoms with Crippen LogP contribution in [0.3, 0.4) is 0 Å². The largest absolute Gasteiger partial charge is 0.481 e. The normalized spacial score (nSPS) is 17.2. The fourth-order valence-corrected chi connectivity index (χ4v) is 1.88. The highest BCUT2D eigenvalue weighted by molar-refractivity contribution is 9.10. The quantitative estimate of drug-likeness (QED) is 0.754. The van der Waals surface area contributed by atoms with Crippen LogP contribution < -0.4 is 4.74 Å². The summed E-state index contributed by atoms with van der Waals surface area (Å²) in [5, 5.41) is 0. The summed E-state index contributed by atoms with van der Waals surface area (Å²) in [7, 11) is 1.62. The van der Waals surface area contributed by atoms with Crippen LogP contribution in [0, 0.1) is 12.3 Å². The first kappa shape index (κ1) is 9.54. The van der Waals surface area contributed by atoms with E-state index in [1.54, 1.807) is 13.3 Å². The maximum Gasteiger partial charge on any atom is 0.217 e. The van der Waals surface area contributed by atoms with E-state index >= 15 is 0 Å². The van der Waals surface area contributed by atoms with Crippen LogP contribution in [0.4, 0.5) is 0 Å². The van der Waals surface area contributed by atoms with Gasteiger partial charge < -0.3 is 4.74 Å². The Labute approximate surface area is 91.8 Å². The number of hydrogen-bond acceptors (Lipinski definition) is 2. The number of terminal acetylenes is 1. The molecule has 0 unspecified atom stereocenters. The molecule has 0 spiro atoms. The van der Waals surface area contributed by atoms with Crippen molar-refractivity contribution in [2.75, 3.05) is 7.11 Å². The van der Waals surface area contributed by atoms with Crippen LogP contribution in [-0.4, -0.2) is 12.1 Å². The molecule has 0 radical (unpaired) electrons. The molecule has 1 aliphatic rings. The average molecular weight is 252 g/mol. The summed E-state index contributed by atoms with van der Waals surface area (Å²) in [6.45, 7) is 0. The summed E-state index contributed by atoms with van der Waals surface area (Å²) in [5.41, 5.74) is 0.902. The second-order valence-electron chi connectivity index (χ2n) is 3.44. The molecule has 1 saturated carbocycles. The number of nitrogens with zero attached hydrogens (tertiary/aromatic N) is 1. The number of aromatic nitrogens is 1. The maximum absolute atomic E-state index is 5.53. The van der Waals surface area contributed by atoms with Crippen molar-refractivity contribution in [3.8, 4) is 18.2 Å². The van der Waals surface area contributed by atoms with Crippen molar-refractivity contribution in [3.05, 3.63) is 22.3 Å². The third kappa shape index (κ3) is 1.40. The molecule has 0 aromatic carbocycles. The van der Waals surface area contributed by atoms with Gasteiger partial charge in [-0.1, -0.05) is 5.92 Å². The summed E-state index contributed by atoms with van der Waals surface area (Å²) >= 11 is 3.39. The summed E-state index contributed by atoms with van der Waals surface area (Å²) in [4.78, 5) is 4.19. The topological polar surface area (TPSA) is 22.1 Å². The lowest BCUT2D eigenvalue weighted by Gasteiger charge is -2.12. The molecule has 1 heterocycles. The molecule has 0 bridgehead atoms. The first-order chi connectivity index (χ1) is 6.72. The molecule has 2 nitrogen and oxygen atoms in total. The zero-order valence-electron chi connectivity index (χ0n) is 7.88. The van der Waals surface area contributed by atoms with Crippen molar-refractivity contribution in [1.29, 1.82) is 0 Å². The van der Waals surface area contributed by atoms with E-state index in [2.05, 4.69) is 26.8 Å². The fraction of sp³-hybridized carbons (Fsp3) is 0.364. The molecule has 3 heteroatoms. The molecule has 0 amide bonds. The average Bonchev–Trinajstić information content (AvgIpc) is 2.98. The molecule has 1 fully saturated rings. The van der Waals surface area contributed by atoms with Gasteiger partial charge in [0.05, 0.1) is 12.5 Å². The Bertz CT molecular complexity index is 404. The van der Waals surface area contributed by atoms with Crippen molar-refractivity contribution >= 4 is 15.9 Å². The molecule has 0 saturated heterocycles. The molecule has 1 aromatic rings. The van der Waals surface area contributed by atoms with E-state index in [4.69, 9.17) is 11.2 Å². The number of halogens is 1. The highest BCUT2D eigenvalue weighted by Gasteiger charge is 2.45. The zero-order valence-corrected chi connectivity index (χ0v) is 9.47. The van der Waals surface area contributed by atoms with Crippen molar-refractivity contribution in [2.45, 2.75) is 18.3 Å². The Kier molecular flexibility index (Phi) is 2.24. The third-order valence-corrected chi connectivity index (χ3v) is 2.99. The first-order valence-corrected chi connectivity index (χ1v) is 5.19. The molecule has 0 atom stereocenters. The maximum atomic E-state index is 5.53. The Morgan fingerprint density at radius 1 is 1.64 bits per heavy atom. The minimum atomic E-state index is -0.123. The van der Waals surface area contributed by atoms with Gasteiger partial charge in [-0.25, -0.2) is 4.98 Å². The minimum absolute atomic E-state index is 0.123. The van der Waals surface area contributed by atoms with E-state index in [0.29, 0.717) is 5.88 Å². The predicted molar refractivity (Wildman–Crippen MR) is 58.2 cm³/mol. The molecule has 2 rings (SSSR count). The van der Waals surface area contributed by atoms with Crippen molar-refractivity contribution in [3.63, 3.8) is 0 Å². The van der Waals surface area contributed by atoms with Gasteiger partial charge in [0.1, 0.15) is 0 Å². The van der Waals surface area contributed by atoms with Gasteiger partial charge in [-0.15, -0.1) is 6.42 Å². The highest BCUT2D eigenvalue weighted by atomic mass is 79.9. The monoisotopic (exact) mass is 251 g/mol. The molecule has 72 valence electrons. The summed E-state index contributed by atoms with van der Waals surface area (Å²) < 4.78 is 6.14. The minimum Gasteiger partial charge on any atom is -0.481 e. The standard InChI is InChI=1S/C11H10BrNO/c1-3-11(4-5-11)9-6-8(12)7-13-10(9)14-2/h1,6-7H,4-5H2,2H3. The van der Waals surface area contributed by atoms with Crippen LogP contribution in [-0.2, 0) is 5.41 Å². The molecular formula is C11H10BrNO. The number of methoxy groups -OCH3 is 1. The van der Waals surface area contributed by atoms with Crippen LogP contribution >= 0.6 is 15.9 Å². The lowest BCUT2D eigenvalue weighted by molar-refractivity contribution is 0.390. The van der Waals surface area contributed by atoms with E-state index in [0.717, 1.165) is 22.9 Å². The summed E-state index contributed by atoms with van der Waals surface area (Å²) in [5.74, 6) is 3.47. The fourth-order valence-electron chi connectivity index (χ4n) is 1.55. The van der Waals surface area contributed by atoms with Gasteiger partial charge in [0.2, 0.25) is 5.88 Å². The van der Waals surface area contributed by atoms with Gasteiger partial charge in [0.25, 0.3) is 0 Å². The van der Waals surface area contributed by atoms with Crippen LogP contribution in [0.5, 0.6) is 5.88 Å². The van der Waals surface area contributed by atoms with Crippen LogP contribution in [0.25, 0.3) is 0 Å². The van der Waals surface area contributed by atoms with Crippen molar-refractivity contribution < 1.29 is 4.74 Å². The van der Waals surface area contributed by atoms with E-state index < -0.39 is 0 Å². The molecule has 0 aliphatic heterocycles. The SMILES string of the molecule is C#CC1(c2cc(Br)cnc2OC)CC1. The van der Waals surface area contributed by atoms with Gasteiger partial charge in [0.15, 0.2) is 0 Å². The number of pyridine rings is 1. The van der Waals surface area contributed by atoms with Gasteiger partial charge >= 0.3 is 0 Å². The van der Waals surface area contributed by atoms with Gasteiger partial charge in [-0.3, -0.25) is 0 Å².